The Kier molecular flexibility index (Phi) is 5.24. The summed E-state index contributed by atoms with van der Waals surface area (Å²) in [6.07, 6.45) is -1.24. The van der Waals surface area contributed by atoms with Gasteiger partial charge in [-0.3, -0.25) is 9.59 Å². The van der Waals surface area contributed by atoms with Crippen molar-refractivity contribution in [1.29, 1.82) is 0 Å². The number of thioether (sulfide) groups is 1. The summed E-state index contributed by atoms with van der Waals surface area (Å²) in [5.74, 6) is -1.60. The molecule has 1 aromatic carbocycles. The molecular weight excluding hydrogens is 351 g/mol. The van der Waals surface area contributed by atoms with E-state index in [2.05, 4.69) is 5.32 Å². The first-order chi connectivity index (χ1) is 12.0. The number of ether oxygens (including phenoxy) is 1. The average Bonchev–Trinajstić information content (AvgIpc) is 3.24. The number of aliphatic carboxylic acids is 1. The lowest BCUT2D eigenvalue weighted by Crippen LogP contribution is -2.48. The van der Waals surface area contributed by atoms with Gasteiger partial charge in [-0.25, -0.2) is 9.18 Å². The number of carboxylic acids is 1. The van der Waals surface area contributed by atoms with Crippen LogP contribution in [0.1, 0.15) is 12.8 Å². The predicted octanol–water partition coefficient (Wildman–Crippen LogP) is 1.30. The molecule has 2 aliphatic rings. The zero-order valence-corrected chi connectivity index (χ0v) is 14.0. The smallest absolute Gasteiger partial charge is 0.332 e. The summed E-state index contributed by atoms with van der Waals surface area (Å²) in [7, 11) is 0. The number of halogens is 1. The number of anilines is 1. The third kappa shape index (κ3) is 3.93. The first-order valence-electron chi connectivity index (χ1n) is 7.78. The minimum absolute atomic E-state index is 0.271. The number of carbonyl (C=O) groups is 3. The van der Waals surface area contributed by atoms with Gasteiger partial charge in [0, 0.05) is 11.4 Å². The van der Waals surface area contributed by atoms with Gasteiger partial charge in [0.2, 0.25) is 5.91 Å². The molecule has 3 atom stereocenters. The Morgan fingerprint density at radius 3 is 2.72 bits per heavy atom. The van der Waals surface area contributed by atoms with Crippen molar-refractivity contribution in [2.24, 2.45) is 0 Å². The van der Waals surface area contributed by atoms with E-state index in [0.29, 0.717) is 23.7 Å². The molecule has 3 rings (SSSR count). The predicted molar refractivity (Wildman–Crippen MR) is 88.5 cm³/mol. The molecule has 0 aliphatic carbocycles. The van der Waals surface area contributed by atoms with E-state index in [-0.39, 0.29) is 12.3 Å². The van der Waals surface area contributed by atoms with Crippen LogP contribution in [-0.2, 0) is 19.1 Å². The summed E-state index contributed by atoms with van der Waals surface area (Å²) >= 11 is 1.42. The van der Waals surface area contributed by atoms with Crippen molar-refractivity contribution in [3.8, 4) is 0 Å². The molecule has 2 aliphatic heterocycles. The topological polar surface area (TPSA) is 95.9 Å². The van der Waals surface area contributed by atoms with Crippen molar-refractivity contribution in [3.63, 3.8) is 0 Å². The van der Waals surface area contributed by atoms with Gasteiger partial charge >= 0.3 is 5.97 Å². The van der Waals surface area contributed by atoms with Crippen LogP contribution in [-0.4, -0.2) is 57.7 Å². The van der Waals surface area contributed by atoms with E-state index in [1.165, 1.54) is 34.9 Å². The molecule has 0 spiro atoms. The second-order valence-electron chi connectivity index (χ2n) is 5.85. The van der Waals surface area contributed by atoms with Crippen LogP contribution in [0.5, 0.6) is 0 Å². The molecule has 2 amide bonds. The van der Waals surface area contributed by atoms with Crippen LogP contribution in [0.15, 0.2) is 24.3 Å². The van der Waals surface area contributed by atoms with Crippen molar-refractivity contribution >= 4 is 35.2 Å². The lowest BCUT2D eigenvalue weighted by atomic mass is 10.1. The largest absolute Gasteiger partial charge is 0.479 e. The molecule has 0 aromatic heterocycles. The number of hydrogen-bond donors (Lipinski definition) is 2. The summed E-state index contributed by atoms with van der Waals surface area (Å²) < 4.78 is 18.5. The van der Waals surface area contributed by atoms with Crippen LogP contribution in [0.25, 0.3) is 0 Å². The van der Waals surface area contributed by atoms with Gasteiger partial charge in [0.25, 0.3) is 5.91 Å². The third-order valence-corrected chi connectivity index (χ3v) is 5.14. The zero-order valence-electron chi connectivity index (χ0n) is 13.2. The Morgan fingerprint density at radius 1 is 1.28 bits per heavy atom. The minimum Gasteiger partial charge on any atom is -0.479 e. The van der Waals surface area contributed by atoms with E-state index >= 15 is 0 Å². The Labute approximate surface area is 147 Å². The molecule has 1 unspecified atom stereocenters. The second-order valence-corrected chi connectivity index (χ2v) is 6.85. The molecular formula is C16H17FN2O5S. The lowest BCUT2D eigenvalue weighted by molar-refractivity contribution is -0.155. The molecule has 25 heavy (non-hydrogen) atoms. The highest BCUT2D eigenvalue weighted by Gasteiger charge is 2.42. The van der Waals surface area contributed by atoms with Gasteiger partial charge in [0.05, 0.1) is 5.88 Å². The summed E-state index contributed by atoms with van der Waals surface area (Å²) in [6.45, 7) is 0. The Morgan fingerprint density at radius 2 is 2.04 bits per heavy atom. The third-order valence-electron chi connectivity index (χ3n) is 4.13. The lowest BCUT2D eigenvalue weighted by Gasteiger charge is -2.25. The normalized spacial score (nSPS) is 25.8. The molecule has 2 heterocycles. The van der Waals surface area contributed by atoms with E-state index in [0.717, 1.165) is 0 Å². The molecule has 1 aromatic rings. The van der Waals surface area contributed by atoms with Crippen LogP contribution in [0.3, 0.4) is 0 Å². The Balaban J connectivity index is 1.65. The highest BCUT2D eigenvalue weighted by atomic mass is 32.2. The number of nitrogens with zero attached hydrogens (tertiary/aromatic N) is 1. The summed E-state index contributed by atoms with van der Waals surface area (Å²) in [5.41, 5.74) is 0.317. The molecule has 134 valence electrons. The molecule has 9 heteroatoms. The van der Waals surface area contributed by atoms with E-state index < -0.39 is 35.9 Å². The van der Waals surface area contributed by atoms with Crippen LogP contribution in [0, 0.1) is 5.82 Å². The molecule has 0 radical (unpaired) electrons. The van der Waals surface area contributed by atoms with Crippen LogP contribution < -0.4 is 5.32 Å². The van der Waals surface area contributed by atoms with Gasteiger partial charge in [-0.1, -0.05) is 6.07 Å². The molecule has 0 bridgehead atoms. The van der Waals surface area contributed by atoms with Crippen molar-refractivity contribution in [2.45, 2.75) is 31.1 Å². The fourth-order valence-corrected chi connectivity index (χ4v) is 4.02. The van der Waals surface area contributed by atoms with Crippen LogP contribution >= 0.6 is 11.8 Å². The van der Waals surface area contributed by atoms with E-state index in [4.69, 9.17) is 9.84 Å². The van der Waals surface area contributed by atoms with E-state index in [9.17, 15) is 18.8 Å². The Hall–Kier alpha value is -2.13. The SMILES string of the molecule is O=C(Nc1cccc(F)c1)C1CSCN1C(=O)[C@@H]1CC[C@H](C(=O)O)O1. The standard InChI is InChI=1S/C16H17FN2O5S/c17-9-2-1-3-10(6-9)18-14(20)11-7-25-8-19(11)15(21)12-4-5-13(24-12)16(22)23/h1-3,6,11-13H,4-5,7-8H2,(H,18,20)(H,22,23)/t11?,12-,13+/m0/s1. The van der Waals surface area contributed by atoms with Crippen molar-refractivity contribution in [2.75, 3.05) is 16.9 Å². The van der Waals surface area contributed by atoms with Crippen molar-refractivity contribution in [1.82, 2.24) is 4.90 Å². The molecule has 2 N–H and O–H groups in total. The van der Waals surface area contributed by atoms with Gasteiger partial charge in [-0.15, -0.1) is 11.8 Å². The number of benzene rings is 1. The van der Waals surface area contributed by atoms with Gasteiger partial charge < -0.3 is 20.1 Å². The molecule has 0 saturated carbocycles. The highest BCUT2D eigenvalue weighted by Crippen LogP contribution is 2.28. The first kappa shape index (κ1) is 17.7. The summed E-state index contributed by atoms with van der Waals surface area (Å²) in [4.78, 5) is 37.4. The maximum absolute atomic E-state index is 13.2. The molecule has 7 nitrogen and oxygen atoms in total. The summed E-state index contributed by atoms with van der Waals surface area (Å²) in [5, 5.41) is 11.6. The number of carbonyl (C=O) groups excluding carboxylic acids is 2. The van der Waals surface area contributed by atoms with Gasteiger partial charge in [0.15, 0.2) is 6.10 Å². The number of carboxylic acid groups (broad SMARTS) is 1. The van der Waals surface area contributed by atoms with Gasteiger partial charge in [-0.2, -0.15) is 0 Å². The Bertz CT molecular complexity index is 701. The quantitative estimate of drug-likeness (QED) is 0.832. The minimum atomic E-state index is -1.09. The van der Waals surface area contributed by atoms with Crippen molar-refractivity contribution < 1.29 is 28.6 Å². The maximum atomic E-state index is 13.2. The fourth-order valence-electron chi connectivity index (χ4n) is 2.85. The molecule has 2 saturated heterocycles. The number of amides is 2. The maximum Gasteiger partial charge on any atom is 0.332 e. The highest BCUT2D eigenvalue weighted by molar-refractivity contribution is 7.99. The van der Waals surface area contributed by atoms with Crippen LogP contribution in [0.2, 0.25) is 0 Å². The van der Waals surface area contributed by atoms with Crippen LogP contribution in [0.4, 0.5) is 10.1 Å². The monoisotopic (exact) mass is 368 g/mol. The summed E-state index contributed by atoms with van der Waals surface area (Å²) in [6, 6.07) is 4.81. The van der Waals surface area contributed by atoms with E-state index in [1.807, 2.05) is 0 Å². The van der Waals surface area contributed by atoms with Gasteiger partial charge in [0.1, 0.15) is 18.0 Å². The number of hydrogen-bond acceptors (Lipinski definition) is 5. The first-order valence-corrected chi connectivity index (χ1v) is 8.94. The molecule has 2 fully saturated rings. The van der Waals surface area contributed by atoms with E-state index in [1.54, 1.807) is 6.07 Å². The number of nitrogens with one attached hydrogen (secondary N) is 1. The van der Waals surface area contributed by atoms with Gasteiger partial charge in [-0.05, 0) is 31.0 Å². The number of rotatable bonds is 4. The average molecular weight is 368 g/mol. The van der Waals surface area contributed by atoms with Crippen molar-refractivity contribution in [3.05, 3.63) is 30.1 Å². The fraction of sp³-hybridized carbons (Fsp3) is 0.438. The zero-order chi connectivity index (χ0) is 18.0. The second kappa shape index (κ2) is 7.40.